The van der Waals surface area contributed by atoms with Crippen molar-refractivity contribution in [2.45, 2.75) is 33.6 Å². The van der Waals surface area contributed by atoms with Gasteiger partial charge in [-0.1, -0.05) is 31.3 Å². The second-order valence-electron chi connectivity index (χ2n) is 8.27. The zero-order valence-corrected chi connectivity index (χ0v) is 22.1. The summed E-state index contributed by atoms with van der Waals surface area (Å²) in [6.45, 7) is 8.89. The van der Waals surface area contributed by atoms with Gasteiger partial charge in [0, 0.05) is 52.1 Å². The number of hydrogen-bond donors (Lipinski definition) is 1. The molecule has 0 bridgehead atoms. The van der Waals surface area contributed by atoms with Gasteiger partial charge in [-0.05, 0) is 49.6 Å². The number of pyridine rings is 2. The van der Waals surface area contributed by atoms with Gasteiger partial charge in [-0.2, -0.15) is 0 Å². The largest absolute Gasteiger partial charge is 0.383 e. The van der Waals surface area contributed by atoms with Crippen LogP contribution in [0.4, 0.5) is 16.8 Å². The van der Waals surface area contributed by atoms with Crippen LogP contribution in [0.2, 0.25) is 0 Å². The molecule has 4 rings (SSSR count). The standard InChI is InChI=1S/C24H30N6O2S.C2H6/c1-17-7-10-25-22(15-17)28-21-6-4-5-19(27-21)20-16-26-24(33-20)30-11-8-18(9-12-30)23(31)29(2)13-14-32-3;1-2/h4-7,10,15-16,18H,8-9,11-14H2,1-3H3,(H,25,27,28);1-2H3. The first-order valence-electron chi connectivity index (χ1n) is 12.2. The Balaban J connectivity index is 0.00000167. The number of carbonyl (C=O) groups excluding carboxylic acids is 1. The quantitative estimate of drug-likeness (QED) is 0.470. The normalized spacial score (nSPS) is 13.7. The molecule has 0 aromatic carbocycles. The third-order valence-corrected chi connectivity index (χ3v) is 6.87. The lowest BCUT2D eigenvalue weighted by Gasteiger charge is -2.33. The van der Waals surface area contributed by atoms with Crippen molar-refractivity contribution in [1.29, 1.82) is 0 Å². The van der Waals surface area contributed by atoms with Crippen LogP contribution in [0.25, 0.3) is 10.6 Å². The zero-order chi connectivity index (χ0) is 25.2. The molecule has 9 heteroatoms. The summed E-state index contributed by atoms with van der Waals surface area (Å²) in [5.41, 5.74) is 2.02. The summed E-state index contributed by atoms with van der Waals surface area (Å²) in [7, 11) is 3.51. The average Bonchev–Trinajstić information content (AvgIpc) is 3.39. The van der Waals surface area contributed by atoms with Crippen LogP contribution in [0.15, 0.2) is 42.7 Å². The molecule has 1 aliphatic rings. The monoisotopic (exact) mass is 496 g/mol. The summed E-state index contributed by atoms with van der Waals surface area (Å²) >= 11 is 1.63. The Morgan fingerprint density at radius 1 is 1.20 bits per heavy atom. The third kappa shape index (κ3) is 7.22. The predicted molar refractivity (Wildman–Crippen MR) is 143 cm³/mol. The molecule has 3 aromatic rings. The van der Waals surface area contributed by atoms with Crippen molar-refractivity contribution in [2.75, 3.05) is 50.6 Å². The van der Waals surface area contributed by atoms with Crippen molar-refractivity contribution in [3.63, 3.8) is 0 Å². The van der Waals surface area contributed by atoms with E-state index in [9.17, 15) is 4.79 Å². The van der Waals surface area contributed by atoms with Gasteiger partial charge in [0.15, 0.2) is 5.13 Å². The molecule has 35 heavy (non-hydrogen) atoms. The van der Waals surface area contributed by atoms with Crippen molar-refractivity contribution in [3.8, 4) is 10.6 Å². The van der Waals surface area contributed by atoms with Crippen molar-refractivity contribution in [3.05, 3.63) is 48.3 Å². The van der Waals surface area contributed by atoms with E-state index in [1.807, 2.05) is 64.3 Å². The average molecular weight is 497 g/mol. The number of likely N-dealkylation sites (N-methyl/N-ethyl adjacent to an activating group) is 1. The van der Waals surface area contributed by atoms with Crippen molar-refractivity contribution >= 4 is 34.0 Å². The molecule has 0 atom stereocenters. The number of carbonyl (C=O) groups is 1. The molecular formula is C26H36N6O2S. The fourth-order valence-corrected chi connectivity index (χ4v) is 4.81. The minimum atomic E-state index is 0.0715. The first kappa shape index (κ1) is 26.6. The number of methoxy groups -OCH3 is 1. The molecular weight excluding hydrogens is 460 g/mol. The molecule has 1 aliphatic heterocycles. The number of thiazole rings is 1. The molecule has 3 aromatic heterocycles. The number of ether oxygens (including phenoxy) is 1. The van der Waals surface area contributed by atoms with Crippen molar-refractivity contribution in [2.24, 2.45) is 5.92 Å². The number of rotatable bonds is 8. The van der Waals surface area contributed by atoms with Gasteiger partial charge in [-0.3, -0.25) is 4.79 Å². The van der Waals surface area contributed by atoms with E-state index >= 15 is 0 Å². The molecule has 8 nitrogen and oxygen atoms in total. The fraction of sp³-hybridized carbons (Fsp3) is 0.462. The van der Waals surface area contributed by atoms with Crippen molar-refractivity contribution in [1.82, 2.24) is 19.9 Å². The number of hydrogen-bond acceptors (Lipinski definition) is 8. The molecule has 1 amide bonds. The maximum atomic E-state index is 12.6. The highest BCUT2D eigenvalue weighted by atomic mass is 32.1. The Kier molecular flexibility index (Phi) is 9.98. The van der Waals surface area contributed by atoms with Gasteiger partial charge in [0.2, 0.25) is 5.91 Å². The Bertz CT molecular complexity index is 1080. The number of piperidine rings is 1. The number of anilines is 3. The van der Waals surface area contributed by atoms with E-state index in [4.69, 9.17) is 9.72 Å². The number of amides is 1. The van der Waals surface area contributed by atoms with E-state index in [0.29, 0.717) is 13.2 Å². The minimum absolute atomic E-state index is 0.0715. The summed E-state index contributed by atoms with van der Waals surface area (Å²) in [5.74, 6) is 1.80. The maximum absolute atomic E-state index is 12.6. The van der Waals surface area contributed by atoms with Crippen LogP contribution in [0.3, 0.4) is 0 Å². The van der Waals surface area contributed by atoms with Crippen LogP contribution in [-0.2, 0) is 9.53 Å². The fourth-order valence-electron chi connectivity index (χ4n) is 3.87. The van der Waals surface area contributed by atoms with Crippen LogP contribution in [0.5, 0.6) is 0 Å². The van der Waals surface area contributed by atoms with Gasteiger partial charge in [-0.25, -0.2) is 15.0 Å². The zero-order valence-electron chi connectivity index (χ0n) is 21.3. The molecule has 4 heterocycles. The lowest BCUT2D eigenvalue weighted by molar-refractivity contribution is -0.135. The van der Waals surface area contributed by atoms with E-state index in [1.165, 1.54) is 0 Å². The smallest absolute Gasteiger partial charge is 0.225 e. The number of aryl methyl sites for hydroxylation is 1. The highest BCUT2D eigenvalue weighted by Crippen LogP contribution is 2.33. The molecule has 0 aliphatic carbocycles. The summed E-state index contributed by atoms with van der Waals surface area (Å²) in [6.07, 6.45) is 5.34. The summed E-state index contributed by atoms with van der Waals surface area (Å²) in [4.78, 5) is 31.4. The SMILES string of the molecule is CC.COCCN(C)C(=O)C1CCN(c2ncc(-c3cccc(Nc4cc(C)ccn4)n3)s2)CC1. The van der Waals surface area contributed by atoms with Gasteiger partial charge < -0.3 is 19.9 Å². The number of aromatic nitrogens is 3. The lowest BCUT2D eigenvalue weighted by atomic mass is 9.95. The van der Waals surface area contributed by atoms with Gasteiger partial charge in [0.05, 0.1) is 17.2 Å². The number of nitrogens with zero attached hydrogens (tertiary/aromatic N) is 5. The first-order chi connectivity index (χ1) is 17.0. The van der Waals surface area contributed by atoms with E-state index < -0.39 is 0 Å². The van der Waals surface area contributed by atoms with Crippen LogP contribution in [-0.4, -0.2) is 66.2 Å². The first-order valence-corrected chi connectivity index (χ1v) is 13.0. The van der Waals surface area contributed by atoms with E-state index in [1.54, 1.807) is 29.5 Å². The predicted octanol–water partition coefficient (Wildman–Crippen LogP) is 5.00. The Hall–Kier alpha value is -3.04. The molecule has 0 spiro atoms. The van der Waals surface area contributed by atoms with Gasteiger partial charge in [0.25, 0.3) is 0 Å². The maximum Gasteiger partial charge on any atom is 0.225 e. The second-order valence-corrected chi connectivity index (χ2v) is 9.28. The topological polar surface area (TPSA) is 83.5 Å². The third-order valence-electron chi connectivity index (χ3n) is 5.79. The minimum Gasteiger partial charge on any atom is -0.383 e. The van der Waals surface area contributed by atoms with Gasteiger partial charge in [-0.15, -0.1) is 0 Å². The highest BCUT2D eigenvalue weighted by molar-refractivity contribution is 7.18. The number of nitrogens with one attached hydrogen (secondary N) is 1. The Morgan fingerprint density at radius 2 is 1.97 bits per heavy atom. The summed E-state index contributed by atoms with van der Waals surface area (Å²) in [6, 6.07) is 9.86. The Labute approximate surface area is 212 Å². The highest BCUT2D eigenvalue weighted by Gasteiger charge is 2.28. The van der Waals surface area contributed by atoms with Crippen LogP contribution in [0.1, 0.15) is 32.3 Å². The molecule has 188 valence electrons. The van der Waals surface area contributed by atoms with Crippen LogP contribution >= 0.6 is 11.3 Å². The van der Waals surface area contributed by atoms with E-state index in [2.05, 4.69) is 20.2 Å². The molecule has 0 saturated carbocycles. The van der Waals surface area contributed by atoms with Gasteiger partial charge >= 0.3 is 0 Å². The Morgan fingerprint density at radius 3 is 2.69 bits per heavy atom. The molecule has 0 unspecified atom stereocenters. The summed E-state index contributed by atoms with van der Waals surface area (Å²) in [5, 5.41) is 4.25. The second kappa shape index (κ2) is 13.2. The van der Waals surface area contributed by atoms with Gasteiger partial charge in [0.1, 0.15) is 11.6 Å². The van der Waals surface area contributed by atoms with Crippen LogP contribution in [0, 0.1) is 12.8 Å². The summed E-state index contributed by atoms with van der Waals surface area (Å²) < 4.78 is 5.08. The van der Waals surface area contributed by atoms with E-state index in [-0.39, 0.29) is 11.8 Å². The molecule has 1 fully saturated rings. The molecule has 1 saturated heterocycles. The van der Waals surface area contributed by atoms with Crippen molar-refractivity contribution < 1.29 is 9.53 Å². The lowest BCUT2D eigenvalue weighted by Crippen LogP contribution is -2.42. The molecule has 0 radical (unpaired) electrons. The molecule has 1 N–H and O–H groups in total. The van der Waals surface area contributed by atoms with Crippen LogP contribution < -0.4 is 10.2 Å². The van der Waals surface area contributed by atoms with E-state index in [0.717, 1.165) is 58.8 Å².